The van der Waals surface area contributed by atoms with E-state index in [1.165, 1.54) is 12.1 Å². The van der Waals surface area contributed by atoms with Gasteiger partial charge >= 0.3 is 0 Å². The van der Waals surface area contributed by atoms with Gasteiger partial charge in [-0.2, -0.15) is 4.08 Å². The Hall–Kier alpha value is -0.930. The van der Waals surface area contributed by atoms with Gasteiger partial charge in [-0.15, -0.1) is 0 Å². The van der Waals surface area contributed by atoms with Crippen LogP contribution in [-0.4, -0.2) is 14.7 Å². The van der Waals surface area contributed by atoms with Crippen molar-refractivity contribution in [3.8, 4) is 0 Å². The van der Waals surface area contributed by atoms with Crippen molar-refractivity contribution in [2.75, 3.05) is 10.3 Å². The van der Waals surface area contributed by atoms with E-state index in [4.69, 9.17) is 0 Å². The fraction of sp³-hybridized carbons (Fsp3) is 0.143. The van der Waals surface area contributed by atoms with E-state index in [1.54, 1.807) is 12.1 Å². The average Bonchev–Trinajstić information content (AvgIpc) is 2.05. The van der Waals surface area contributed by atoms with Gasteiger partial charge in [-0.3, -0.25) is 0 Å². The van der Waals surface area contributed by atoms with Crippen molar-refractivity contribution < 1.29 is 13.0 Å². The molecule has 1 aromatic rings. The van der Waals surface area contributed by atoms with E-state index >= 15 is 0 Å². The minimum Gasteiger partial charge on any atom is -0.248 e. The van der Waals surface area contributed by atoms with E-state index in [9.17, 15) is 13.0 Å². The van der Waals surface area contributed by atoms with Gasteiger partial charge in [0.25, 0.3) is 8.61 Å². The first-order chi connectivity index (χ1) is 6.05. The van der Waals surface area contributed by atoms with Crippen LogP contribution in [0.15, 0.2) is 24.3 Å². The fourth-order valence-electron chi connectivity index (χ4n) is 0.805. The molecule has 0 aromatic heterocycles. The molecule has 4 nitrogen and oxygen atoms in total. The van der Waals surface area contributed by atoms with E-state index in [0.29, 0.717) is 5.69 Å². The average molecular weight is 216 g/mol. The van der Waals surface area contributed by atoms with Crippen molar-refractivity contribution in [2.45, 2.75) is 0 Å². The third-order valence-corrected chi connectivity index (χ3v) is 3.62. The highest BCUT2D eigenvalue weighted by Gasteiger charge is 2.16. The van der Waals surface area contributed by atoms with E-state index < -0.39 is 18.6 Å². The van der Waals surface area contributed by atoms with E-state index in [0.717, 1.165) is 10.3 Å². The number of anilines is 1. The molecule has 0 aliphatic carbocycles. The third kappa shape index (κ3) is 2.50. The summed E-state index contributed by atoms with van der Waals surface area (Å²) in [6.45, 7) is 0. The number of benzene rings is 1. The Labute approximate surface area is 78.5 Å². The summed E-state index contributed by atoms with van der Waals surface area (Å²) >= 11 is 0. The lowest BCUT2D eigenvalue weighted by atomic mass is 10.3. The van der Waals surface area contributed by atoms with Crippen molar-refractivity contribution in [1.29, 1.82) is 0 Å². The molecule has 0 aliphatic heterocycles. The van der Waals surface area contributed by atoms with Crippen LogP contribution in [0.4, 0.5) is 5.69 Å². The molecule has 0 heterocycles. The summed E-state index contributed by atoms with van der Waals surface area (Å²) in [4.78, 5) is 0. The standard InChI is InChI=1S/C7H7NO3PS/c1-13(10,11)8(12-9)7-5-3-2-4-6-7/h3-6H,1H3. The second-order valence-electron chi connectivity index (χ2n) is 2.35. The van der Waals surface area contributed by atoms with Crippen LogP contribution in [0.25, 0.3) is 0 Å². The Bertz CT molecular complexity index is 389. The maximum absolute atomic E-state index is 11.1. The van der Waals surface area contributed by atoms with Crippen molar-refractivity contribution in [1.82, 2.24) is 0 Å². The van der Waals surface area contributed by atoms with Crippen molar-refractivity contribution in [3.63, 3.8) is 0 Å². The van der Waals surface area contributed by atoms with Crippen LogP contribution in [0.2, 0.25) is 0 Å². The van der Waals surface area contributed by atoms with E-state index in [-0.39, 0.29) is 0 Å². The first-order valence-corrected chi connectivity index (χ1v) is 5.97. The van der Waals surface area contributed by atoms with Gasteiger partial charge in [-0.1, -0.05) is 12.1 Å². The highest BCUT2D eigenvalue weighted by Crippen LogP contribution is 2.23. The molecule has 0 bridgehead atoms. The van der Waals surface area contributed by atoms with Gasteiger partial charge in [0.1, 0.15) is 0 Å². The second kappa shape index (κ2) is 3.85. The second-order valence-corrected chi connectivity index (χ2v) is 5.01. The molecule has 1 rings (SSSR count). The summed E-state index contributed by atoms with van der Waals surface area (Å²) in [5, 5.41) is 0. The zero-order chi connectivity index (χ0) is 9.90. The maximum atomic E-state index is 11.1. The number of hydrogen-bond donors (Lipinski definition) is 0. The largest absolute Gasteiger partial charge is 0.297 e. The predicted molar refractivity (Wildman–Crippen MR) is 50.2 cm³/mol. The molecule has 0 spiro atoms. The van der Waals surface area contributed by atoms with Gasteiger partial charge in [-0.25, -0.2) is 13.0 Å². The molecule has 1 aromatic carbocycles. The van der Waals surface area contributed by atoms with Crippen LogP contribution in [0, 0.1) is 6.07 Å². The van der Waals surface area contributed by atoms with Gasteiger partial charge in [0.05, 0.1) is 11.9 Å². The van der Waals surface area contributed by atoms with Crippen LogP contribution < -0.4 is 4.08 Å². The molecule has 0 N–H and O–H groups in total. The lowest BCUT2D eigenvalue weighted by Gasteiger charge is -2.12. The molecule has 0 unspecified atom stereocenters. The lowest BCUT2D eigenvalue weighted by Crippen LogP contribution is -2.19. The zero-order valence-electron chi connectivity index (χ0n) is 6.84. The summed E-state index contributed by atoms with van der Waals surface area (Å²) in [6.07, 6.45) is 0.995. The quantitative estimate of drug-likeness (QED) is 0.718. The van der Waals surface area contributed by atoms with Crippen molar-refractivity contribution in [3.05, 3.63) is 30.3 Å². The smallest absolute Gasteiger partial charge is 0.248 e. The Morgan fingerprint density at radius 1 is 1.38 bits per heavy atom. The first kappa shape index (κ1) is 10.2. The summed E-state index contributed by atoms with van der Waals surface area (Å²) in [5.41, 5.74) is 0.359. The fourth-order valence-corrected chi connectivity index (χ4v) is 2.02. The topological polar surface area (TPSA) is 54.5 Å². The van der Waals surface area contributed by atoms with Crippen LogP contribution >= 0.6 is 8.61 Å². The number of rotatable bonds is 3. The third-order valence-electron chi connectivity index (χ3n) is 1.31. The molecule has 0 saturated carbocycles. The first-order valence-electron chi connectivity index (χ1n) is 3.35. The monoisotopic (exact) mass is 216 g/mol. The SMILES string of the molecule is CS(=O)(=O)N(P=O)c1cc[c]cc1. The number of nitrogens with zero attached hydrogens (tertiary/aromatic N) is 1. The number of hydrogen-bond acceptors (Lipinski definition) is 3. The molecular weight excluding hydrogens is 209 g/mol. The lowest BCUT2D eigenvalue weighted by molar-refractivity contribution is 0.592. The van der Waals surface area contributed by atoms with Crippen molar-refractivity contribution >= 4 is 24.3 Å². The Morgan fingerprint density at radius 2 is 1.92 bits per heavy atom. The minimum atomic E-state index is -3.47. The highest BCUT2D eigenvalue weighted by molar-refractivity contribution is 7.96. The van der Waals surface area contributed by atoms with Crippen molar-refractivity contribution in [2.24, 2.45) is 0 Å². The van der Waals surface area contributed by atoms with Gasteiger partial charge in [0, 0.05) is 0 Å². The Morgan fingerprint density at radius 3 is 2.31 bits per heavy atom. The number of sulfonamides is 1. The van der Waals surface area contributed by atoms with Crippen LogP contribution in [0.3, 0.4) is 0 Å². The Kier molecular flexibility index (Phi) is 3.01. The van der Waals surface area contributed by atoms with Gasteiger partial charge in [-0.05, 0) is 18.2 Å². The molecule has 1 radical (unpaired) electrons. The highest BCUT2D eigenvalue weighted by atomic mass is 32.2. The normalized spacial score (nSPS) is 11.5. The van der Waals surface area contributed by atoms with Crippen LogP contribution in [0.5, 0.6) is 0 Å². The van der Waals surface area contributed by atoms with E-state index in [2.05, 4.69) is 6.07 Å². The zero-order valence-corrected chi connectivity index (χ0v) is 8.55. The predicted octanol–water partition coefficient (Wildman–Crippen LogP) is 1.46. The van der Waals surface area contributed by atoms with Gasteiger partial charge < -0.3 is 0 Å². The Balaban J connectivity index is 3.13. The minimum absolute atomic E-state index is 0.359. The molecule has 0 fully saturated rings. The van der Waals surface area contributed by atoms with Crippen LogP contribution in [-0.2, 0) is 14.6 Å². The molecule has 0 amide bonds. The molecule has 6 heteroatoms. The molecule has 0 aliphatic rings. The summed E-state index contributed by atoms with van der Waals surface area (Å²) in [7, 11) is -4.04. The summed E-state index contributed by atoms with van der Waals surface area (Å²) in [6, 6.07) is 8.88. The molecule has 0 saturated heterocycles. The van der Waals surface area contributed by atoms with Crippen LogP contribution in [0.1, 0.15) is 0 Å². The van der Waals surface area contributed by atoms with E-state index in [1.807, 2.05) is 0 Å². The summed E-state index contributed by atoms with van der Waals surface area (Å²) in [5.74, 6) is 0. The van der Waals surface area contributed by atoms with Gasteiger partial charge in [0.15, 0.2) is 0 Å². The molecular formula is C7H7NO3PS. The molecule has 13 heavy (non-hydrogen) atoms. The van der Waals surface area contributed by atoms with Gasteiger partial charge in [0.2, 0.25) is 10.0 Å². The molecule has 0 atom stereocenters. The molecule has 69 valence electrons. The summed E-state index contributed by atoms with van der Waals surface area (Å²) < 4.78 is 33.5. The maximum Gasteiger partial charge on any atom is 0.297 e.